The second-order valence-electron chi connectivity index (χ2n) is 5.80. The predicted octanol–water partition coefficient (Wildman–Crippen LogP) is 3.54. The molecule has 0 radical (unpaired) electrons. The van der Waals surface area contributed by atoms with Crippen molar-refractivity contribution >= 4 is 33.0 Å². The van der Waals surface area contributed by atoms with Crippen LogP contribution >= 0.6 is 0 Å². The van der Waals surface area contributed by atoms with E-state index in [4.69, 9.17) is 4.74 Å². The quantitative estimate of drug-likeness (QED) is 0.558. The maximum atomic E-state index is 11.3. The van der Waals surface area contributed by atoms with E-state index in [-0.39, 0.29) is 0 Å². The Kier molecular flexibility index (Phi) is 4.29. The number of rotatable bonds is 5. The second-order valence-corrected chi connectivity index (χ2v) is 7.35. The van der Waals surface area contributed by atoms with Gasteiger partial charge in [-0.05, 0) is 23.6 Å². The number of hydrogen-bond donors (Lipinski definition) is 1. The summed E-state index contributed by atoms with van der Waals surface area (Å²) in [7, 11) is 0. The number of nitrogens with zero attached hydrogens (tertiary/aromatic N) is 2. The molecule has 2 aromatic carbocycles. The average Bonchev–Trinajstić information content (AvgIpc) is 3.05. The minimum atomic E-state index is -0.875. The van der Waals surface area contributed by atoms with Gasteiger partial charge in [0, 0.05) is 17.1 Å². The van der Waals surface area contributed by atoms with Crippen LogP contribution in [0, 0.1) is 0 Å². The van der Waals surface area contributed by atoms with Gasteiger partial charge in [0.1, 0.15) is 29.5 Å². The summed E-state index contributed by atoms with van der Waals surface area (Å²) >= 11 is -0.875. The van der Waals surface area contributed by atoms with Gasteiger partial charge in [0.2, 0.25) is 0 Å². The van der Waals surface area contributed by atoms with E-state index in [0.717, 1.165) is 38.9 Å². The van der Waals surface area contributed by atoms with Crippen LogP contribution < -0.4 is 4.74 Å². The van der Waals surface area contributed by atoms with Crippen molar-refractivity contribution in [3.8, 4) is 17.1 Å². The summed E-state index contributed by atoms with van der Waals surface area (Å²) in [5.41, 5.74) is 2.72. The Bertz CT molecular complexity index is 996. The molecule has 0 bridgehead atoms. The average molecular weight is 351 g/mol. The molecule has 2 heterocycles. The summed E-state index contributed by atoms with van der Waals surface area (Å²) in [6.07, 6.45) is 5.16. The zero-order valence-corrected chi connectivity index (χ0v) is 14.5. The number of benzene rings is 2. The van der Waals surface area contributed by atoms with Crippen LogP contribution in [0.15, 0.2) is 54.9 Å². The summed E-state index contributed by atoms with van der Waals surface area (Å²) in [6, 6.07) is 14.0. The zero-order chi connectivity index (χ0) is 17.2. The van der Waals surface area contributed by atoms with E-state index in [9.17, 15) is 4.55 Å². The molecule has 126 valence electrons. The summed E-state index contributed by atoms with van der Waals surface area (Å²) in [5.74, 6) is 2.06. The molecule has 1 atom stereocenters. The van der Waals surface area contributed by atoms with Crippen LogP contribution in [0.4, 0.5) is 0 Å². The lowest BCUT2D eigenvalue weighted by Gasteiger charge is -2.12. The maximum Gasteiger partial charge on any atom is 0.139 e. The standard InChI is InChI=1S/C19H17N3O2S/c1-25(23)9-8-24-18-11-14(10-13-4-2-3-5-15(13)18)19-21-16-6-7-20-12-17(16)22-19/h2-7,10-12H,8-9H2,1H3,(H,21,22). The van der Waals surface area contributed by atoms with Gasteiger partial charge in [0.25, 0.3) is 0 Å². The van der Waals surface area contributed by atoms with Crippen LogP contribution in [0.25, 0.3) is 33.2 Å². The van der Waals surface area contributed by atoms with Gasteiger partial charge in [-0.3, -0.25) is 4.98 Å². The van der Waals surface area contributed by atoms with Crippen molar-refractivity contribution in [2.24, 2.45) is 0 Å². The molecule has 0 amide bonds. The van der Waals surface area contributed by atoms with Crippen LogP contribution in [-0.2, 0) is 11.2 Å². The number of H-pyrrole nitrogens is 1. The molecule has 0 fully saturated rings. The summed E-state index contributed by atoms with van der Waals surface area (Å²) < 4.78 is 17.2. The van der Waals surface area contributed by atoms with E-state index in [1.807, 2.05) is 36.4 Å². The molecule has 5 nitrogen and oxygen atoms in total. The lowest BCUT2D eigenvalue weighted by Crippen LogP contribution is -2.12. The molecule has 1 unspecified atom stereocenters. The molecule has 0 aliphatic carbocycles. The Hall–Kier alpha value is -2.57. The highest BCUT2D eigenvalue weighted by Gasteiger charge is 2.11. The Morgan fingerprint density at radius 2 is 2.08 bits per heavy atom. The summed E-state index contributed by atoms with van der Waals surface area (Å²) in [4.78, 5) is 12.0. The summed E-state index contributed by atoms with van der Waals surface area (Å²) in [6.45, 7) is 0.417. The van der Waals surface area contributed by atoms with Crippen molar-refractivity contribution in [1.29, 1.82) is 0 Å². The fourth-order valence-electron chi connectivity index (χ4n) is 2.79. The molecule has 0 saturated heterocycles. The number of fused-ring (bicyclic) bond motifs is 2. The van der Waals surface area contributed by atoms with Crippen molar-refractivity contribution < 1.29 is 9.29 Å². The first-order chi connectivity index (χ1) is 12.2. The van der Waals surface area contributed by atoms with Crippen molar-refractivity contribution in [3.05, 3.63) is 54.9 Å². The van der Waals surface area contributed by atoms with E-state index in [1.54, 1.807) is 18.6 Å². The van der Waals surface area contributed by atoms with E-state index < -0.39 is 11.2 Å². The topological polar surface area (TPSA) is 73.9 Å². The molecule has 0 spiro atoms. The van der Waals surface area contributed by atoms with Gasteiger partial charge >= 0.3 is 0 Å². The number of ether oxygens (including phenoxy) is 1. The lowest BCUT2D eigenvalue weighted by atomic mass is 10.1. The van der Waals surface area contributed by atoms with E-state index in [1.165, 1.54) is 0 Å². The Morgan fingerprint density at radius 1 is 1.20 bits per heavy atom. The van der Waals surface area contributed by atoms with Gasteiger partial charge in [0.15, 0.2) is 0 Å². The highest BCUT2D eigenvalue weighted by Crippen LogP contribution is 2.32. The molecular weight excluding hydrogens is 334 g/mol. The number of pyridine rings is 1. The first-order valence-corrected chi connectivity index (χ1v) is 9.69. The molecule has 25 heavy (non-hydrogen) atoms. The molecule has 0 aliphatic heterocycles. The first-order valence-electron chi connectivity index (χ1n) is 7.96. The van der Waals surface area contributed by atoms with Gasteiger partial charge in [-0.25, -0.2) is 4.98 Å². The van der Waals surface area contributed by atoms with Crippen molar-refractivity contribution in [2.45, 2.75) is 0 Å². The Balaban J connectivity index is 1.78. The minimum Gasteiger partial charge on any atom is -0.616 e. The fourth-order valence-corrected chi connectivity index (χ4v) is 3.11. The van der Waals surface area contributed by atoms with Crippen LogP contribution in [0.1, 0.15) is 0 Å². The minimum absolute atomic E-state index is 0.417. The number of aromatic amines is 1. The third-order valence-electron chi connectivity index (χ3n) is 4.01. The van der Waals surface area contributed by atoms with Gasteiger partial charge in [-0.15, -0.1) is 0 Å². The molecule has 4 rings (SSSR count). The highest BCUT2D eigenvalue weighted by atomic mass is 32.2. The van der Waals surface area contributed by atoms with Crippen molar-refractivity contribution in [2.75, 3.05) is 18.6 Å². The number of imidazole rings is 1. The SMILES string of the molecule is C[S+]([O-])CCOc1cc(-c2nc3cnccc3[nH]2)cc2ccccc12. The second kappa shape index (κ2) is 6.74. The third kappa shape index (κ3) is 3.31. The Morgan fingerprint density at radius 3 is 2.92 bits per heavy atom. The molecule has 0 saturated carbocycles. The van der Waals surface area contributed by atoms with E-state index in [2.05, 4.69) is 21.0 Å². The number of nitrogens with one attached hydrogen (secondary N) is 1. The predicted molar refractivity (Wildman–Crippen MR) is 101 cm³/mol. The molecule has 2 aromatic heterocycles. The van der Waals surface area contributed by atoms with E-state index in [0.29, 0.717) is 12.4 Å². The molecule has 1 N–H and O–H groups in total. The molecular formula is C19H17N3O2S. The first kappa shape index (κ1) is 15.9. The van der Waals surface area contributed by atoms with Crippen molar-refractivity contribution in [3.63, 3.8) is 0 Å². The normalized spacial score (nSPS) is 12.6. The van der Waals surface area contributed by atoms with Gasteiger partial charge < -0.3 is 14.3 Å². The van der Waals surface area contributed by atoms with Gasteiger partial charge in [-0.2, -0.15) is 0 Å². The Labute approximate surface area is 148 Å². The fraction of sp³-hybridized carbons (Fsp3) is 0.158. The van der Waals surface area contributed by atoms with Gasteiger partial charge in [0.05, 0.1) is 18.0 Å². The highest BCUT2D eigenvalue weighted by molar-refractivity contribution is 7.90. The molecule has 6 heteroatoms. The van der Waals surface area contributed by atoms with Crippen LogP contribution in [0.2, 0.25) is 0 Å². The molecule has 0 aliphatic rings. The van der Waals surface area contributed by atoms with Crippen LogP contribution in [-0.4, -0.2) is 38.1 Å². The summed E-state index contributed by atoms with van der Waals surface area (Å²) in [5, 5.41) is 2.11. The van der Waals surface area contributed by atoms with Gasteiger partial charge in [-0.1, -0.05) is 35.4 Å². The van der Waals surface area contributed by atoms with E-state index >= 15 is 0 Å². The number of aromatic nitrogens is 3. The van der Waals surface area contributed by atoms with Crippen LogP contribution in [0.3, 0.4) is 0 Å². The smallest absolute Gasteiger partial charge is 0.139 e. The van der Waals surface area contributed by atoms with Crippen molar-refractivity contribution in [1.82, 2.24) is 15.0 Å². The lowest BCUT2D eigenvalue weighted by molar-refractivity contribution is 0.345. The molecule has 4 aromatic rings. The monoisotopic (exact) mass is 351 g/mol. The maximum absolute atomic E-state index is 11.3. The zero-order valence-electron chi connectivity index (χ0n) is 13.7. The van der Waals surface area contributed by atoms with Crippen LogP contribution in [0.5, 0.6) is 5.75 Å². The third-order valence-corrected chi connectivity index (χ3v) is 4.75. The largest absolute Gasteiger partial charge is 0.616 e. The number of hydrogen-bond acceptors (Lipinski definition) is 4.